The maximum Gasteiger partial charge on any atom is 0.324 e. The van der Waals surface area contributed by atoms with Gasteiger partial charge in [0.15, 0.2) is 6.61 Å². The van der Waals surface area contributed by atoms with Gasteiger partial charge in [-0.15, -0.1) is 0 Å². The Morgan fingerprint density at radius 3 is 2.57 bits per heavy atom. The van der Waals surface area contributed by atoms with Crippen LogP contribution in [0.4, 0.5) is 4.79 Å². The first-order chi connectivity index (χ1) is 10.1. The maximum atomic E-state index is 11.7. The molecule has 0 unspecified atom stereocenters. The Balaban J connectivity index is 1.78. The first kappa shape index (κ1) is 14.8. The van der Waals surface area contributed by atoms with Crippen LogP contribution in [0.3, 0.4) is 0 Å². The predicted molar refractivity (Wildman–Crippen MR) is 72.8 cm³/mol. The minimum Gasteiger partial charge on any atom is -0.497 e. The molecule has 1 aromatic carbocycles. The molecule has 112 valence electrons. The van der Waals surface area contributed by atoms with Crippen LogP contribution >= 0.6 is 0 Å². The predicted octanol–water partition coefficient (Wildman–Crippen LogP) is 0.333. The number of urea groups is 1. The molecule has 1 heterocycles. The fourth-order valence-electron chi connectivity index (χ4n) is 1.89. The van der Waals surface area contributed by atoms with Crippen LogP contribution in [0.1, 0.15) is 5.56 Å². The minimum absolute atomic E-state index is 0.0590. The number of hydrogen-bond acceptors (Lipinski definition) is 5. The fourth-order valence-corrected chi connectivity index (χ4v) is 1.89. The Morgan fingerprint density at radius 2 is 2.00 bits per heavy atom. The van der Waals surface area contributed by atoms with E-state index in [0.717, 1.165) is 10.5 Å². The van der Waals surface area contributed by atoms with Gasteiger partial charge in [-0.25, -0.2) is 4.79 Å². The van der Waals surface area contributed by atoms with Gasteiger partial charge < -0.3 is 14.8 Å². The summed E-state index contributed by atoms with van der Waals surface area (Å²) in [5, 5.41) is 2.50. The Labute approximate surface area is 121 Å². The van der Waals surface area contributed by atoms with Crippen LogP contribution in [-0.2, 0) is 20.7 Å². The third kappa shape index (κ3) is 3.95. The summed E-state index contributed by atoms with van der Waals surface area (Å²) in [7, 11) is 1.56. The van der Waals surface area contributed by atoms with Crippen molar-refractivity contribution in [1.82, 2.24) is 10.2 Å². The number of amides is 3. The zero-order chi connectivity index (χ0) is 15.2. The number of benzene rings is 1. The molecule has 1 aliphatic rings. The Hall–Kier alpha value is -2.57. The van der Waals surface area contributed by atoms with Gasteiger partial charge in [0.05, 0.1) is 13.5 Å². The molecule has 0 spiro atoms. The van der Waals surface area contributed by atoms with E-state index in [4.69, 9.17) is 9.47 Å². The number of methoxy groups -OCH3 is 1. The number of rotatable bonds is 5. The molecule has 2 rings (SSSR count). The van der Waals surface area contributed by atoms with Crippen LogP contribution in [-0.4, -0.2) is 49.6 Å². The van der Waals surface area contributed by atoms with E-state index < -0.39 is 24.5 Å². The van der Waals surface area contributed by atoms with Gasteiger partial charge in [-0.1, -0.05) is 12.1 Å². The molecule has 1 fully saturated rings. The molecule has 1 saturated heterocycles. The molecule has 0 bridgehead atoms. The van der Waals surface area contributed by atoms with Gasteiger partial charge in [-0.3, -0.25) is 14.5 Å². The van der Waals surface area contributed by atoms with E-state index in [-0.39, 0.29) is 6.42 Å². The molecule has 1 aromatic rings. The summed E-state index contributed by atoms with van der Waals surface area (Å²) in [6.07, 6.45) is 0.0590. The van der Waals surface area contributed by atoms with E-state index in [1.54, 1.807) is 31.4 Å². The normalized spacial score (nSPS) is 13.8. The molecule has 7 heteroatoms. The second-order valence-corrected chi connectivity index (χ2v) is 4.46. The van der Waals surface area contributed by atoms with Gasteiger partial charge in [0.2, 0.25) is 0 Å². The lowest BCUT2D eigenvalue weighted by atomic mass is 10.1. The Morgan fingerprint density at radius 1 is 1.29 bits per heavy atom. The van der Waals surface area contributed by atoms with Crippen LogP contribution in [0.15, 0.2) is 24.3 Å². The highest BCUT2D eigenvalue weighted by Gasteiger charge is 2.26. The summed E-state index contributed by atoms with van der Waals surface area (Å²) in [5.41, 5.74) is 0.757. The summed E-state index contributed by atoms with van der Waals surface area (Å²) in [6.45, 7) is 0.292. The molecular formula is C14H16N2O5. The van der Waals surface area contributed by atoms with Crippen molar-refractivity contribution in [3.05, 3.63) is 29.8 Å². The second kappa shape index (κ2) is 6.74. The lowest BCUT2D eigenvalue weighted by Gasteiger charge is -2.12. The first-order valence-electron chi connectivity index (χ1n) is 6.47. The van der Waals surface area contributed by atoms with Crippen molar-refractivity contribution in [2.75, 3.05) is 26.8 Å². The van der Waals surface area contributed by atoms with Crippen molar-refractivity contribution in [1.29, 1.82) is 0 Å². The zero-order valence-electron chi connectivity index (χ0n) is 11.6. The molecule has 0 atom stereocenters. The van der Waals surface area contributed by atoms with Crippen LogP contribution in [0.2, 0.25) is 0 Å². The van der Waals surface area contributed by atoms with Gasteiger partial charge in [0.25, 0.3) is 5.91 Å². The summed E-state index contributed by atoms with van der Waals surface area (Å²) in [5.74, 6) is -0.344. The Kier molecular flexibility index (Phi) is 4.76. The molecule has 0 aromatic heterocycles. The third-order valence-corrected chi connectivity index (χ3v) is 3.02. The van der Waals surface area contributed by atoms with E-state index in [2.05, 4.69) is 5.32 Å². The molecule has 3 amide bonds. The summed E-state index contributed by atoms with van der Waals surface area (Å²) in [6, 6.07) is 6.52. The maximum absolute atomic E-state index is 11.7. The molecule has 0 saturated carbocycles. The smallest absolute Gasteiger partial charge is 0.324 e. The SMILES string of the molecule is COc1ccc(CC(=O)OCC(=O)N2CCNC2=O)cc1. The summed E-state index contributed by atoms with van der Waals surface area (Å²) in [4.78, 5) is 35.6. The molecular weight excluding hydrogens is 276 g/mol. The number of carbonyl (C=O) groups is 3. The molecule has 1 N–H and O–H groups in total. The van der Waals surface area contributed by atoms with Crippen molar-refractivity contribution in [2.24, 2.45) is 0 Å². The minimum atomic E-state index is -0.520. The van der Waals surface area contributed by atoms with Crippen molar-refractivity contribution < 1.29 is 23.9 Å². The second-order valence-electron chi connectivity index (χ2n) is 4.46. The molecule has 7 nitrogen and oxygen atoms in total. The van der Waals surface area contributed by atoms with Crippen LogP contribution < -0.4 is 10.1 Å². The van der Waals surface area contributed by atoms with Crippen LogP contribution in [0, 0.1) is 0 Å². The number of esters is 1. The number of carbonyl (C=O) groups excluding carboxylic acids is 3. The van der Waals surface area contributed by atoms with E-state index in [0.29, 0.717) is 18.8 Å². The van der Waals surface area contributed by atoms with Gasteiger partial charge in [0, 0.05) is 13.1 Å². The number of imide groups is 1. The van der Waals surface area contributed by atoms with Gasteiger partial charge in [-0.2, -0.15) is 0 Å². The van der Waals surface area contributed by atoms with E-state index in [1.165, 1.54) is 0 Å². The average molecular weight is 292 g/mol. The van der Waals surface area contributed by atoms with E-state index in [9.17, 15) is 14.4 Å². The van der Waals surface area contributed by atoms with Gasteiger partial charge in [0.1, 0.15) is 5.75 Å². The molecule has 0 aliphatic carbocycles. The number of nitrogens with one attached hydrogen (secondary N) is 1. The standard InChI is InChI=1S/C14H16N2O5/c1-20-11-4-2-10(3-5-11)8-13(18)21-9-12(17)16-7-6-15-14(16)19/h2-5H,6-9H2,1H3,(H,15,19). The molecule has 1 aliphatic heterocycles. The van der Waals surface area contributed by atoms with Crippen molar-refractivity contribution >= 4 is 17.9 Å². The van der Waals surface area contributed by atoms with Crippen LogP contribution in [0.25, 0.3) is 0 Å². The number of nitrogens with zero attached hydrogens (tertiary/aromatic N) is 1. The van der Waals surface area contributed by atoms with Gasteiger partial charge >= 0.3 is 12.0 Å². The number of hydrogen-bond donors (Lipinski definition) is 1. The highest BCUT2D eigenvalue weighted by molar-refractivity contribution is 5.97. The van der Waals surface area contributed by atoms with E-state index in [1.807, 2.05) is 0 Å². The largest absolute Gasteiger partial charge is 0.497 e. The first-order valence-corrected chi connectivity index (χ1v) is 6.47. The van der Waals surface area contributed by atoms with Crippen molar-refractivity contribution in [3.63, 3.8) is 0 Å². The number of ether oxygens (including phenoxy) is 2. The highest BCUT2D eigenvalue weighted by atomic mass is 16.5. The third-order valence-electron chi connectivity index (χ3n) is 3.02. The lowest BCUT2D eigenvalue weighted by Crippen LogP contribution is -2.37. The quantitative estimate of drug-likeness (QED) is 0.791. The molecule has 0 radical (unpaired) electrons. The lowest BCUT2D eigenvalue weighted by molar-refractivity contribution is -0.150. The molecule has 21 heavy (non-hydrogen) atoms. The summed E-state index contributed by atoms with van der Waals surface area (Å²) >= 11 is 0. The van der Waals surface area contributed by atoms with E-state index >= 15 is 0 Å². The zero-order valence-corrected chi connectivity index (χ0v) is 11.6. The summed E-state index contributed by atoms with van der Waals surface area (Å²) < 4.78 is 9.90. The topological polar surface area (TPSA) is 84.9 Å². The Bertz CT molecular complexity index is 541. The van der Waals surface area contributed by atoms with Crippen molar-refractivity contribution in [2.45, 2.75) is 6.42 Å². The monoisotopic (exact) mass is 292 g/mol. The van der Waals surface area contributed by atoms with Crippen molar-refractivity contribution in [3.8, 4) is 5.75 Å². The highest BCUT2D eigenvalue weighted by Crippen LogP contribution is 2.12. The fraction of sp³-hybridized carbons (Fsp3) is 0.357. The van der Waals surface area contributed by atoms with Gasteiger partial charge in [-0.05, 0) is 17.7 Å². The van der Waals surface area contributed by atoms with Crippen LogP contribution in [0.5, 0.6) is 5.75 Å². The average Bonchev–Trinajstić information content (AvgIpc) is 2.92.